The fourth-order valence-corrected chi connectivity index (χ4v) is 2.30. The largest absolute Gasteiger partial charge is 0.508 e. The molecule has 2 rings (SSSR count). The van der Waals surface area contributed by atoms with E-state index in [0.717, 1.165) is 24.3 Å². The third-order valence-corrected chi connectivity index (χ3v) is 3.56. The number of aromatic hydroxyl groups is 1. The zero-order chi connectivity index (χ0) is 15.2. The summed E-state index contributed by atoms with van der Waals surface area (Å²) in [6, 6.07) is 13.9. The second-order valence-corrected chi connectivity index (χ2v) is 5.45. The van der Waals surface area contributed by atoms with Gasteiger partial charge in [-0.3, -0.25) is 0 Å². The quantitative estimate of drug-likeness (QED) is 0.838. The van der Waals surface area contributed by atoms with Crippen LogP contribution < -0.4 is 10.1 Å². The van der Waals surface area contributed by atoms with E-state index in [1.165, 1.54) is 11.1 Å². The van der Waals surface area contributed by atoms with Crippen LogP contribution in [0.2, 0.25) is 0 Å². The number of benzene rings is 2. The maximum Gasteiger partial charge on any atom is 0.142 e. The summed E-state index contributed by atoms with van der Waals surface area (Å²) in [6.45, 7) is 4.22. The van der Waals surface area contributed by atoms with E-state index >= 15 is 0 Å². The summed E-state index contributed by atoms with van der Waals surface area (Å²) in [5.41, 5.74) is 3.45. The van der Waals surface area contributed by atoms with Crippen molar-refractivity contribution in [2.24, 2.45) is 0 Å². The SMILES string of the molecule is COc1cc(C)ccc1NC(C)CCc1ccc(O)cc1. The molecule has 0 saturated carbocycles. The summed E-state index contributed by atoms with van der Waals surface area (Å²) in [6.07, 6.45) is 1.99. The van der Waals surface area contributed by atoms with E-state index in [9.17, 15) is 5.11 Å². The van der Waals surface area contributed by atoms with Crippen LogP contribution in [0.15, 0.2) is 42.5 Å². The summed E-state index contributed by atoms with van der Waals surface area (Å²) in [7, 11) is 1.70. The molecule has 0 aliphatic rings. The molecular formula is C18H23NO2. The molecule has 0 radical (unpaired) electrons. The van der Waals surface area contributed by atoms with Gasteiger partial charge in [0.25, 0.3) is 0 Å². The van der Waals surface area contributed by atoms with Gasteiger partial charge < -0.3 is 15.2 Å². The molecule has 0 fully saturated rings. The first kappa shape index (κ1) is 15.2. The predicted molar refractivity (Wildman–Crippen MR) is 87.2 cm³/mol. The number of ether oxygens (including phenoxy) is 1. The molecule has 112 valence electrons. The Bertz CT molecular complexity index is 578. The Morgan fingerprint density at radius 2 is 1.86 bits per heavy atom. The normalized spacial score (nSPS) is 12.0. The maximum atomic E-state index is 9.28. The van der Waals surface area contributed by atoms with Gasteiger partial charge in [0.15, 0.2) is 0 Å². The molecule has 1 atom stereocenters. The van der Waals surface area contributed by atoms with Crippen LogP contribution in [0.25, 0.3) is 0 Å². The molecule has 1 unspecified atom stereocenters. The lowest BCUT2D eigenvalue weighted by Crippen LogP contribution is -2.16. The molecule has 0 saturated heterocycles. The monoisotopic (exact) mass is 285 g/mol. The highest BCUT2D eigenvalue weighted by Gasteiger charge is 2.07. The molecule has 3 nitrogen and oxygen atoms in total. The number of phenolic OH excluding ortho intramolecular Hbond substituents is 1. The topological polar surface area (TPSA) is 41.5 Å². The molecular weight excluding hydrogens is 262 g/mol. The summed E-state index contributed by atoms with van der Waals surface area (Å²) in [5.74, 6) is 1.20. The van der Waals surface area contributed by atoms with Gasteiger partial charge in [-0.1, -0.05) is 18.2 Å². The van der Waals surface area contributed by atoms with Crippen molar-refractivity contribution in [3.05, 3.63) is 53.6 Å². The third kappa shape index (κ3) is 4.42. The van der Waals surface area contributed by atoms with Crippen molar-refractivity contribution in [1.82, 2.24) is 0 Å². The van der Waals surface area contributed by atoms with Crippen LogP contribution in [0.4, 0.5) is 5.69 Å². The molecule has 2 N–H and O–H groups in total. The van der Waals surface area contributed by atoms with E-state index in [-0.39, 0.29) is 0 Å². The standard InChI is InChI=1S/C18H23NO2/c1-13-4-11-17(18(12-13)21-3)19-14(2)5-6-15-7-9-16(20)10-8-15/h4,7-12,14,19-20H,5-6H2,1-3H3. The van der Waals surface area contributed by atoms with Gasteiger partial charge in [0.1, 0.15) is 11.5 Å². The van der Waals surface area contributed by atoms with Gasteiger partial charge in [0.05, 0.1) is 12.8 Å². The van der Waals surface area contributed by atoms with Crippen LogP contribution in [-0.2, 0) is 6.42 Å². The Morgan fingerprint density at radius 1 is 1.14 bits per heavy atom. The number of rotatable bonds is 6. The van der Waals surface area contributed by atoms with Crippen molar-refractivity contribution >= 4 is 5.69 Å². The highest BCUT2D eigenvalue weighted by Crippen LogP contribution is 2.26. The van der Waals surface area contributed by atoms with Crippen molar-refractivity contribution in [3.8, 4) is 11.5 Å². The minimum absolute atomic E-state index is 0.314. The van der Waals surface area contributed by atoms with Crippen LogP contribution in [-0.4, -0.2) is 18.3 Å². The molecule has 0 aliphatic carbocycles. The Balaban J connectivity index is 1.92. The maximum absolute atomic E-state index is 9.28. The molecule has 0 aromatic heterocycles. The molecule has 3 heteroatoms. The number of anilines is 1. The molecule has 0 spiro atoms. The third-order valence-electron chi connectivity index (χ3n) is 3.56. The highest BCUT2D eigenvalue weighted by molar-refractivity contribution is 5.58. The molecule has 0 amide bonds. The Kier molecular flexibility index (Phi) is 5.09. The van der Waals surface area contributed by atoms with Gasteiger partial charge in [-0.25, -0.2) is 0 Å². The lowest BCUT2D eigenvalue weighted by molar-refractivity contribution is 0.415. The van der Waals surface area contributed by atoms with Crippen LogP contribution in [0, 0.1) is 6.92 Å². The van der Waals surface area contributed by atoms with Gasteiger partial charge >= 0.3 is 0 Å². The van der Waals surface area contributed by atoms with E-state index in [1.54, 1.807) is 19.2 Å². The molecule has 2 aromatic carbocycles. The van der Waals surface area contributed by atoms with Crippen LogP contribution >= 0.6 is 0 Å². The summed E-state index contributed by atoms with van der Waals surface area (Å²) in [4.78, 5) is 0. The first-order valence-corrected chi connectivity index (χ1v) is 7.27. The van der Waals surface area contributed by atoms with Crippen LogP contribution in [0.1, 0.15) is 24.5 Å². The first-order chi connectivity index (χ1) is 10.1. The second kappa shape index (κ2) is 7.02. The van der Waals surface area contributed by atoms with Gasteiger partial charge in [-0.15, -0.1) is 0 Å². The number of methoxy groups -OCH3 is 1. The van der Waals surface area contributed by atoms with Crippen molar-refractivity contribution in [2.45, 2.75) is 32.7 Å². The van der Waals surface area contributed by atoms with E-state index in [0.29, 0.717) is 11.8 Å². The number of nitrogens with one attached hydrogen (secondary N) is 1. The van der Waals surface area contributed by atoms with E-state index < -0.39 is 0 Å². The fraction of sp³-hybridized carbons (Fsp3) is 0.333. The number of aryl methyl sites for hydroxylation is 2. The van der Waals surface area contributed by atoms with Gasteiger partial charge in [0, 0.05) is 6.04 Å². The Labute approximate surface area is 126 Å². The van der Waals surface area contributed by atoms with Crippen molar-refractivity contribution in [2.75, 3.05) is 12.4 Å². The average molecular weight is 285 g/mol. The molecule has 0 bridgehead atoms. The minimum atomic E-state index is 0.314. The Hall–Kier alpha value is -2.16. The summed E-state index contributed by atoms with van der Waals surface area (Å²) in [5, 5.41) is 12.8. The summed E-state index contributed by atoms with van der Waals surface area (Å²) < 4.78 is 5.41. The van der Waals surface area contributed by atoms with Gasteiger partial charge in [0.2, 0.25) is 0 Å². The lowest BCUT2D eigenvalue weighted by atomic mass is 10.1. The summed E-state index contributed by atoms with van der Waals surface area (Å²) >= 11 is 0. The fourth-order valence-electron chi connectivity index (χ4n) is 2.30. The van der Waals surface area contributed by atoms with Crippen molar-refractivity contribution < 1.29 is 9.84 Å². The minimum Gasteiger partial charge on any atom is -0.508 e. The van der Waals surface area contributed by atoms with Crippen LogP contribution in [0.3, 0.4) is 0 Å². The van der Waals surface area contributed by atoms with E-state index in [1.807, 2.05) is 18.2 Å². The Morgan fingerprint density at radius 3 is 2.52 bits per heavy atom. The molecule has 21 heavy (non-hydrogen) atoms. The van der Waals surface area contributed by atoms with Gasteiger partial charge in [-0.2, -0.15) is 0 Å². The van der Waals surface area contributed by atoms with E-state index in [4.69, 9.17) is 4.74 Å². The smallest absolute Gasteiger partial charge is 0.142 e. The zero-order valence-electron chi connectivity index (χ0n) is 12.9. The zero-order valence-corrected chi connectivity index (χ0v) is 12.9. The number of hydrogen-bond acceptors (Lipinski definition) is 3. The number of phenols is 1. The number of hydrogen-bond donors (Lipinski definition) is 2. The second-order valence-electron chi connectivity index (χ2n) is 5.45. The lowest BCUT2D eigenvalue weighted by Gasteiger charge is -2.18. The average Bonchev–Trinajstić information content (AvgIpc) is 2.48. The van der Waals surface area contributed by atoms with Crippen molar-refractivity contribution in [3.63, 3.8) is 0 Å². The molecule has 0 heterocycles. The van der Waals surface area contributed by atoms with Gasteiger partial charge in [-0.05, 0) is 62.1 Å². The predicted octanol–water partition coefficient (Wildman–Crippen LogP) is 4.14. The van der Waals surface area contributed by atoms with Crippen molar-refractivity contribution in [1.29, 1.82) is 0 Å². The van der Waals surface area contributed by atoms with E-state index in [2.05, 4.69) is 31.3 Å². The van der Waals surface area contributed by atoms with Crippen LogP contribution in [0.5, 0.6) is 11.5 Å². The molecule has 2 aromatic rings. The molecule has 0 aliphatic heterocycles. The first-order valence-electron chi connectivity index (χ1n) is 7.27. The highest BCUT2D eigenvalue weighted by atomic mass is 16.5.